The normalized spacial score (nSPS) is 20.2. The first-order valence-electron chi connectivity index (χ1n) is 7.56. The average Bonchev–Trinajstić information content (AvgIpc) is 2.51. The first-order valence-corrected chi connectivity index (χ1v) is 7.56. The summed E-state index contributed by atoms with van der Waals surface area (Å²) >= 11 is 0. The molecule has 23 heavy (non-hydrogen) atoms. The lowest BCUT2D eigenvalue weighted by atomic mass is 9.92. The van der Waals surface area contributed by atoms with Gasteiger partial charge >= 0.3 is 0 Å². The number of halogens is 1. The van der Waals surface area contributed by atoms with E-state index in [-0.39, 0.29) is 29.9 Å². The van der Waals surface area contributed by atoms with Crippen molar-refractivity contribution in [3.63, 3.8) is 0 Å². The minimum absolute atomic E-state index is 0. The monoisotopic (exact) mass is 342 g/mol. The molecule has 2 atom stereocenters. The number of anilines is 1. The Morgan fingerprint density at radius 2 is 2.13 bits per heavy atom. The molecule has 1 saturated heterocycles. The van der Waals surface area contributed by atoms with Crippen molar-refractivity contribution < 1.29 is 9.72 Å². The van der Waals surface area contributed by atoms with Crippen LogP contribution < -0.4 is 16.0 Å². The molecule has 0 bridgehead atoms. The molecule has 0 radical (unpaired) electrons. The van der Waals surface area contributed by atoms with E-state index < -0.39 is 4.92 Å². The third-order valence-corrected chi connectivity index (χ3v) is 3.83. The number of hydrogen-bond acceptors (Lipinski definition) is 5. The first-order chi connectivity index (χ1) is 10.6. The highest BCUT2D eigenvalue weighted by molar-refractivity contribution is 5.85. The number of rotatable bonds is 6. The maximum absolute atomic E-state index is 12.1. The van der Waals surface area contributed by atoms with Crippen LogP contribution in [0.4, 0.5) is 11.4 Å². The Morgan fingerprint density at radius 1 is 1.39 bits per heavy atom. The molecule has 0 aromatic heterocycles. The van der Waals surface area contributed by atoms with Gasteiger partial charge in [0.2, 0.25) is 5.91 Å². The fourth-order valence-corrected chi connectivity index (χ4v) is 2.68. The minimum Gasteiger partial charge on any atom is -0.378 e. The van der Waals surface area contributed by atoms with E-state index in [0.29, 0.717) is 24.8 Å². The summed E-state index contributed by atoms with van der Waals surface area (Å²) < 4.78 is 0. The molecule has 1 amide bonds. The van der Waals surface area contributed by atoms with E-state index in [0.717, 1.165) is 19.4 Å². The number of carbonyl (C=O) groups is 1. The van der Waals surface area contributed by atoms with Crippen molar-refractivity contribution >= 4 is 29.7 Å². The molecule has 0 aliphatic carbocycles. The van der Waals surface area contributed by atoms with Crippen LogP contribution in [0.5, 0.6) is 0 Å². The predicted octanol–water partition coefficient (Wildman–Crippen LogP) is 1.93. The summed E-state index contributed by atoms with van der Waals surface area (Å²) in [5.41, 5.74) is 0.512. The summed E-state index contributed by atoms with van der Waals surface area (Å²) in [6.07, 6.45) is 1.71. The predicted molar refractivity (Wildman–Crippen MR) is 92.0 cm³/mol. The Hall–Kier alpha value is -1.86. The molecule has 0 unspecified atom stereocenters. The Balaban J connectivity index is 0.00000264. The molecule has 0 spiro atoms. The van der Waals surface area contributed by atoms with Gasteiger partial charge in [-0.05, 0) is 32.4 Å². The lowest BCUT2D eigenvalue weighted by Crippen LogP contribution is -2.43. The number of piperidine rings is 1. The maximum atomic E-state index is 12.1. The van der Waals surface area contributed by atoms with Crippen LogP contribution in [0.15, 0.2) is 24.3 Å². The fraction of sp³-hybridized carbons (Fsp3) is 0.533. The summed E-state index contributed by atoms with van der Waals surface area (Å²) in [4.78, 5) is 22.5. The quantitative estimate of drug-likeness (QED) is 0.417. The molecule has 7 nitrogen and oxygen atoms in total. The maximum Gasteiger partial charge on any atom is 0.292 e. The van der Waals surface area contributed by atoms with Gasteiger partial charge in [0.15, 0.2) is 0 Å². The molecule has 1 aliphatic heterocycles. The van der Waals surface area contributed by atoms with Gasteiger partial charge in [-0.1, -0.05) is 12.1 Å². The van der Waals surface area contributed by atoms with Gasteiger partial charge < -0.3 is 16.0 Å². The zero-order valence-corrected chi connectivity index (χ0v) is 13.9. The number of amides is 1. The van der Waals surface area contributed by atoms with E-state index in [4.69, 9.17) is 0 Å². The highest BCUT2D eigenvalue weighted by Gasteiger charge is 2.24. The lowest BCUT2D eigenvalue weighted by Gasteiger charge is -2.27. The molecule has 1 aromatic rings. The van der Waals surface area contributed by atoms with Gasteiger partial charge in [0.05, 0.1) is 4.92 Å². The summed E-state index contributed by atoms with van der Waals surface area (Å²) in [6, 6.07) is 6.86. The molecule has 128 valence electrons. The van der Waals surface area contributed by atoms with Crippen molar-refractivity contribution in [3.05, 3.63) is 34.4 Å². The van der Waals surface area contributed by atoms with Crippen molar-refractivity contribution in [3.8, 4) is 0 Å². The smallest absolute Gasteiger partial charge is 0.292 e. The van der Waals surface area contributed by atoms with Crippen molar-refractivity contribution in [1.82, 2.24) is 10.6 Å². The molecule has 1 aromatic carbocycles. The molecule has 0 saturated carbocycles. The van der Waals surface area contributed by atoms with Crippen LogP contribution in [0.3, 0.4) is 0 Å². The van der Waals surface area contributed by atoms with Crippen LogP contribution in [0.2, 0.25) is 0 Å². The van der Waals surface area contributed by atoms with Gasteiger partial charge in [-0.3, -0.25) is 14.9 Å². The van der Waals surface area contributed by atoms with Crippen LogP contribution in [0.25, 0.3) is 0 Å². The zero-order valence-electron chi connectivity index (χ0n) is 13.1. The van der Waals surface area contributed by atoms with Crippen LogP contribution >= 0.6 is 12.4 Å². The summed E-state index contributed by atoms with van der Waals surface area (Å²) in [6.45, 7) is 3.85. The van der Waals surface area contributed by atoms with Crippen LogP contribution in [-0.2, 0) is 4.79 Å². The average molecular weight is 343 g/mol. The van der Waals surface area contributed by atoms with Crippen molar-refractivity contribution in [1.29, 1.82) is 0 Å². The lowest BCUT2D eigenvalue weighted by molar-refractivity contribution is -0.384. The van der Waals surface area contributed by atoms with Gasteiger partial charge in [0.25, 0.3) is 5.69 Å². The molecule has 1 aliphatic rings. The molecule has 1 fully saturated rings. The number of nitrogens with zero attached hydrogens (tertiary/aromatic N) is 1. The fourth-order valence-electron chi connectivity index (χ4n) is 2.68. The van der Waals surface area contributed by atoms with E-state index >= 15 is 0 Å². The third kappa shape index (κ3) is 5.69. The zero-order chi connectivity index (χ0) is 15.9. The second-order valence-electron chi connectivity index (χ2n) is 5.57. The number of nitrogens with one attached hydrogen (secondary N) is 3. The Bertz CT molecular complexity index is 541. The Kier molecular flexibility index (Phi) is 7.77. The number of hydrogen-bond donors (Lipinski definition) is 3. The number of para-hydroxylation sites is 2. The topological polar surface area (TPSA) is 96.3 Å². The van der Waals surface area contributed by atoms with Gasteiger partial charge in [-0.2, -0.15) is 0 Å². The molecule has 2 rings (SSSR count). The van der Waals surface area contributed by atoms with Crippen molar-refractivity contribution in [2.75, 3.05) is 25.0 Å². The third-order valence-electron chi connectivity index (χ3n) is 3.83. The van der Waals surface area contributed by atoms with E-state index in [1.165, 1.54) is 6.07 Å². The van der Waals surface area contributed by atoms with E-state index in [1.807, 2.05) is 0 Å². The van der Waals surface area contributed by atoms with Gasteiger partial charge in [-0.25, -0.2) is 0 Å². The number of benzene rings is 1. The summed E-state index contributed by atoms with van der Waals surface area (Å²) in [5.74, 6) is 0.125. The van der Waals surface area contributed by atoms with Gasteiger partial charge in [0, 0.05) is 31.1 Å². The molecule has 1 heterocycles. The highest BCUT2D eigenvalue weighted by atomic mass is 35.5. The Morgan fingerprint density at radius 3 is 2.83 bits per heavy atom. The van der Waals surface area contributed by atoms with E-state index in [2.05, 4.69) is 22.9 Å². The van der Waals surface area contributed by atoms with Crippen LogP contribution in [0.1, 0.15) is 19.8 Å². The molecular formula is C15H23ClN4O3. The number of nitro groups is 1. The first kappa shape index (κ1) is 19.2. The second kappa shape index (κ2) is 9.32. The molecular weight excluding hydrogens is 320 g/mol. The van der Waals surface area contributed by atoms with Gasteiger partial charge in [0.1, 0.15) is 5.69 Å². The van der Waals surface area contributed by atoms with E-state index in [9.17, 15) is 14.9 Å². The van der Waals surface area contributed by atoms with Crippen LogP contribution in [-0.4, -0.2) is 36.5 Å². The number of carbonyl (C=O) groups excluding carboxylic acids is 1. The number of nitro benzene ring substituents is 1. The van der Waals surface area contributed by atoms with Crippen molar-refractivity contribution in [2.24, 2.45) is 5.92 Å². The standard InChI is InChI=1S/C15H22N4O3.ClH/c1-11-10-12(6-7-16-11)15(20)18-9-8-17-13-4-2-3-5-14(13)19(21)22;/h2-5,11-12,16-17H,6-10H2,1H3,(H,18,20);1H/t11-,12-;/m0./s1. The minimum atomic E-state index is -0.419. The van der Waals surface area contributed by atoms with Crippen LogP contribution in [0, 0.1) is 16.0 Å². The summed E-state index contributed by atoms with van der Waals surface area (Å²) in [5, 5.41) is 20.1. The molecule has 8 heteroatoms. The summed E-state index contributed by atoms with van der Waals surface area (Å²) in [7, 11) is 0. The Labute approximate surface area is 141 Å². The van der Waals surface area contributed by atoms with E-state index in [1.54, 1.807) is 18.2 Å². The SMILES string of the molecule is C[C@H]1C[C@@H](C(=O)NCCNc2ccccc2[N+](=O)[O-])CCN1.Cl. The second-order valence-corrected chi connectivity index (χ2v) is 5.57. The molecule has 3 N–H and O–H groups in total. The highest BCUT2D eigenvalue weighted by Crippen LogP contribution is 2.22. The largest absolute Gasteiger partial charge is 0.378 e. The van der Waals surface area contributed by atoms with Gasteiger partial charge in [-0.15, -0.1) is 12.4 Å². The van der Waals surface area contributed by atoms with Crippen molar-refractivity contribution in [2.45, 2.75) is 25.8 Å².